The number of rotatable bonds is 6. The van der Waals surface area contributed by atoms with E-state index in [2.05, 4.69) is 30.5 Å². The first-order valence-corrected chi connectivity index (χ1v) is 8.92. The summed E-state index contributed by atoms with van der Waals surface area (Å²) in [6, 6.07) is 3.80. The van der Waals surface area contributed by atoms with Crippen molar-refractivity contribution in [3.05, 3.63) is 48.6 Å². The Bertz CT molecular complexity index is 829. The molecule has 2 atom stereocenters. The molecule has 0 radical (unpaired) electrons. The van der Waals surface area contributed by atoms with Crippen molar-refractivity contribution in [1.82, 2.24) is 35.0 Å². The first-order valence-electron chi connectivity index (χ1n) is 8.92. The Morgan fingerprint density at radius 3 is 3.00 bits per heavy atom. The molecule has 0 aromatic carbocycles. The number of hydrogen-bond donors (Lipinski definition) is 2. The maximum Gasteiger partial charge on any atom is 0.181 e. The van der Waals surface area contributed by atoms with Crippen LogP contribution in [0.5, 0.6) is 0 Å². The third-order valence-electron chi connectivity index (χ3n) is 4.73. The van der Waals surface area contributed by atoms with Crippen LogP contribution in [0.2, 0.25) is 0 Å². The highest BCUT2D eigenvalue weighted by atomic mass is 16.5. The van der Waals surface area contributed by atoms with E-state index in [0.29, 0.717) is 18.3 Å². The minimum absolute atomic E-state index is 0.0401. The van der Waals surface area contributed by atoms with E-state index in [0.717, 1.165) is 43.2 Å². The predicted molar refractivity (Wildman–Crippen MR) is 95.9 cm³/mol. The van der Waals surface area contributed by atoms with Gasteiger partial charge in [-0.05, 0) is 25.0 Å². The normalized spacial score (nSPS) is 20.3. The van der Waals surface area contributed by atoms with Gasteiger partial charge in [-0.2, -0.15) is 5.10 Å². The van der Waals surface area contributed by atoms with Gasteiger partial charge in [-0.15, -0.1) is 0 Å². The average Bonchev–Trinajstić information content (AvgIpc) is 3.32. The SMILES string of the molecule is Cn1ccnc1[C@@H]1OCCC[C@H]1CNCc1nc(-c2ccncc2)n[nH]1. The molecule has 1 saturated heterocycles. The topological polar surface area (TPSA) is 93.5 Å². The van der Waals surface area contributed by atoms with Crippen LogP contribution < -0.4 is 5.32 Å². The van der Waals surface area contributed by atoms with E-state index in [1.807, 2.05) is 36.1 Å². The number of pyridine rings is 1. The lowest BCUT2D eigenvalue weighted by Gasteiger charge is -2.31. The molecule has 2 N–H and O–H groups in total. The van der Waals surface area contributed by atoms with Gasteiger partial charge in [-0.25, -0.2) is 9.97 Å². The summed E-state index contributed by atoms with van der Waals surface area (Å²) in [6.45, 7) is 2.29. The molecular weight excluding hydrogens is 330 g/mol. The maximum atomic E-state index is 6.02. The van der Waals surface area contributed by atoms with Crippen LogP contribution in [0.1, 0.15) is 30.6 Å². The Hall–Kier alpha value is -2.58. The molecule has 0 saturated carbocycles. The summed E-state index contributed by atoms with van der Waals surface area (Å²) >= 11 is 0. The smallest absolute Gasteiger partial charge is 0.181 e. The van der Waals surface area contributed by atoms with Crippen molar-refractivity contribution < 1.29 is 4.74 Å². The summed E-state index contributed by atoms with van der Waals surface area (Å²) in [5, 5.41) is 10.8. The van der Waals surface area contributed by atoms with E-state index in [1.54, 1.807) is 12.4 Å². The fourth-order valence-electron chi connectivity index (χ4n) is 3.37. The van der Waals surface area contributed by atoms with Gasteiger partial charge in [-0.1, -0.05) is 0 Å². The number of aromatic nitrogens is 6. The molecule has 4 rings (SSSR count). The minimum atomic E-state index is 0.0401. The highest BCUT2D eigenvalue weighted by Crippen LogP contribution is 2.32. The molecule has 3 aromatic heterocycles. The molecule has 0 unspecified atom stereocenters. The van der Waals surface area contributed by atoms with E-state index in [1.165, 1.54) is 0 Å². The lowest BCUT2D eigenvalue weighted by molar-refractivity contribution is -0.0344. The van der Waals surface area contributed by atoms with Crippen LogP contribution in [0, 0.1) is 5.92 Å². The van der Waals surface area contributed by atoms with Gasteiger partial charge in [0.05, 0.1) is 6.54 Å². The second-order valence-electron chi connectivity index (χ2n) is 6.56. The van der Waals surface area contributed by atoms with Crippen molar-refractivity contribution in [3.8, 4) is 11.4 Å². The van der Waals surface area contributed by atoms with Crippen molar-refractivity contribution in [2.24, 2.45) is 13.0 Å². The number of ether oxygens (including phenoxy) is 1. The molecule has 0 bridgehead atoms. The van der Waals surface area contributed by atoms with Crippen LogP contribution in [0.4, 0.5) is 0 Å². The molecular formula is C18H23N7O. The molecule has 8 heteroatoms. The molecule has 1 aliphatic heterocycles. The second kappa shape index (κ2) is 7.76. The Morgan fingerprint density at radius 1 is 1.31 bits per heavy atom. The van der Waals surface area contributed by atoms with Crippen LogP contribution in [-0.2, 0) is 18.3 Å². The summed E-state index contributed by atoms with van der Waals surface area (Å²) in [4.78, 5) is 13.0. The van der Waals surface area contributed by atoms with Crippen LogP contribution in [0.25, 0.3) is 11.4 Å². The first-order chi connectivity index (χ1) is 12.8. The van der Waals surface area contributed by atoms with Gasteiger partial charge in [0, 0.05) is 56.5 Å². The maximum absolute atomic E-state index is 6.02. The largest absolute Gasteiger partial charge is 0.370 e. The predicted octanol–water partition coefficient (Wildman–Crippen LogP) is 1.86. The fourth-order valence-corrected chi connectivity index (χ4v) is 3.37. The standard InChI is InChI=1S/C18H23N7O/c1-25-9-8-21-18(25)16-14(3-2-10-26-16)11-20-12-15-22-17(24-23-15)13-4-6-19-7-5-13/h4-9,14,16,20H,2-3,10-12H2,1H3,(H,22,23,24)/t14-,16+/m0/s1. The Kier molecular flexibility index (Phi) is 5.03. The highest BCUT2D eigenvalue weighted by Gasteiger charge is 2.29. The molecule has 4 heterocycles. The molecule has 3 aromatic rings. The molecule has 136 valence electrons. The lowest BCUT2D eigenvalue weighted by atomic mass is 9.93. The van der Waals surface area contributed by atoms with Gasteiger partial charge in [0.1, 0.15) is 17.8 Å². The second-order valence-corrected chi connectivity index (χ2v) is 6.56. The minimum Gasteiger partial charge on any atom is -0.370 e. The Morgan fingerprint density at radius 2 is 2.19 bits per heavy atom. The molecule has 0 amide bonds. The molecule has 26 heavy (non-hydrogen) atoms. The lowest BCUT2D eigenvalue weighted by Crippen LogP contribution is -2.33. The number of aryl methyl sites for hydroxylation is 1. The number of nitrogens with one attached hydrogen (secondary N) is 2. The molecule has 1 aliphatic rings. The molecule has 0 spiro atoms. The van der Waals surface area contributed by atoms with E-state index in [4.69, 9.17) is 4.74 Å². The van der Waals surface area contributed by atoms with Crippen molar-refractivity contribution in [2.45, 2.75) is 25.5 Å². The monoisotopic (exact) mass is 353 g/mol. The van der Waals surface area contributed by atoms with E-state index in [9.17, 15) is 0 Å². The first kappa shape index (κ1) is 16.9. The summed E-state index contributed by atoms with van der Waals surface area (Å²) in [6.07, 6.45) is 9.53. The van der Waals surface area contributed by atoms with E-state index in [-0.39, 0.29) is 6.10 Å². The Balaban J connectivity index is 1.35. The van der Waals surface area contributed by atoms with Gasteiger partial charge < -0.3 is 14.6 Å². The number of H-pyrrole nitrogens is 1. The molecule has 8 nitrogen and oxygen atoms in total. The van der Waals surface area contributed by atoms with Crippen molar-refractivity contribution >= 4 is 0 Å². The van der Waals surface area contributed by atoms with Gasteiger partial charge >= 0.3 is 0 Å². The number of aromatic amines is 1. The highest BCUT2D eigenvalue weighted by molar-refractivity contribution is 5.52. The number of imidazole rings is 1. The number of hydrogen-bond acceptors (Lipinski definition) is 6. The zero-order chi connectivity index (χ0) is 17.8. The molecule has 0 aliphatic carbocycles. The van der Waals surface area contributed by atoms with E-state index < -0.39 is 0 Å². The Labute approximate surface area is 152 Å². The van der Waals surface area contributed by atoms with Gasteiger partial charge in [-0.3, -0.25) is 10.1 Å². The van der Waals surface area contributed by atoms with Crippen molar-refractivity contribution in [1.29, 1.82) is 0 Å². The zero-order valence-electron chi connectivity index (χ0n) is 14.8. The summed E-state index contributed by atoms with van der Waals surface area (Å²) < 4.78 is 8.06. The third kappa shape index (κ3) is 3.66. The van der Waals surface area contributed by atoms with Crippen LogP contribution in [-0.4, -0.2) is 42.9 Å². The van der Waals surface area contributed by atoms with E-state index >= 15 is 0 Å². The van der Waals surface area contributed by atoms with Gasteiger partial charge in [0.15, 0.2) is 5.82 Å². The summed E-state index contributed by atoms with van der Waals surface area (Å²) in [7, 11) is 2.01. The fraction of sp³-hybridized carbons (Fsp3) is 0.444. The van der Waals surface area contributed by atoms with Crippen molar-refractivity contribution in [2.75, 3.05) is 13.2 Å². The molecule has 1 fully saturated rings. The summed E-state index contributed by atoms with van der Waals surface area (Å²) in [5.41, 5.74) is 0.957. The van der Waals surface area contributed by atoms with Gasteiger partial charge in [0.2, 0.25) is 0 Å². The van der Waals surface area contributed by atoms with Crippen molar-refractivity contribution in [3.63, 3.8) is 0 Å². The summed E-state index contributed by atoms with van der Waals surface area (Å²) in [5.74, 6) is 2.90. The zero-order valence-corrected chi connectivity index (χ0v) is 14.8. The van der Waals surface area contributed by atoms with Crippen LogP contribution in [0.3, 0.4) is 0 Å². The number of nitrogens with zero attached hydrogens (tertiary/aromatic N) is 5. The quantitative estimate of drug-likeness (QED) is 0.702. The van der Waals surface area contributed by atoms with Crippen LogP contribution in [0.15, 0.2) is 36.9 Å². The van der Waals surface area contributed by atoms with Gasteiger partial charge in [0.25, 0.3) is 0 Å². The average molecular weight is 353 g/mol. The third-order valence-corrected chi connectivity index (χ3v) is 4.73. The van der Waals surface area contributed by atoms with Crippen LogP contribution >= 0.6 is 0 Å².